The van der Waals surface area contributed by atoms with E-state index in [9.17, 15) is 0 Å². The summed E-state index contributed by atoms with van der Waals surface area (Å²) in [5.41, 5.74) is 0.554. The molecule has 0 aromatic heterocycles. The summed E-state index contributed by atoms with van der Waals surface area (Å²) in [6.45, 7) is 0. The Kier molecular flexibility index (Phi) is 5.89. The van der Waals surface area contributed by atoms with Crippen LogP contribution in [0.15, 0.2) is 18.2 Å². The van der Waals surface area contributed by atoms with Crippen LogP contribution < -0.4 is 5.46 Å². The summed E-state index contributed by atoms with van der Waals surface area (Å²) in [4.78, 5) is 0. The smallest absolute Gasteiger partial charge is 0.870 e. The number of rotatable bonds is 0. The Morgan fingerprint density at radius 3 is 2.18 bits per heavy atom. The standard InChI is InChI=1S/C6H4BClO.2H2O/c7-4-1-2-6(9)5(8)3-4;;/h1-3,9H;2*1H2/q+2;;/p-2. The van der Waals surface area contributed by atoms with E-state index in [0.29, 0.717) is 5.46 Å². The van der Waals surface area contributed by atoms with E-state index in [4.69, 9.17) is 24.6 Å². The van der Waals surface area contributed by atoms with Gasteiger partial charge in [0.15, 0.2) is 0 Å². The number of hydrogen-bond donors (Lipinski definition) is 1. The molecule has 0 unspecified atom stereocenters. The number of hydrogen-bond acceptors (Lipinski definition) is 3. The Labute approximate surface area is 70.6 Å². The maximum atomic E-state index is 8.86. The van der Waals surface area contributed by atoms with Gasteiger partial charge in [-0.05, 0) is 0 Å². The molecule has 5 heteroatoms. The molecule has 0 aliphatic carbocycles. The van der Waals surface area contributed by atoms with Gasteiger partial charge in [-0.15, -0.1) is 0 Å². The molecule has 1 aromatic rings. The van der Waals surface area contributed by atoms with Crippen LogP contribution in [0, 0.1) is 0 Å². The van der Waals surface area contributed by atoms with Gasteiger partial charge in [-0.3, -0.25) is 0 Å². The molecule has 0 saturated heterocycles. The first-order valence-corrected chi connectivity index (χ1v) is 2.82. The fraction of sp³-hybridized carbons (Fsp3) is 0. The molecule has 0 fully saturated rings. The minimum atomic E-state index is 0. The second-order valence-corrected chi connectivity index (χ2v) is 2.12. The van der Waals surface area contributed by atoms with E-state index in [2.05, 4.69) is 0 Å². The predicted octanol–water partition coefficient (Wildman–Crippen LogP) is 0.486. The van der Waals surface area contributed by atoms with E-state index in [1.807, 2.05) is 0 Å². The van der Waals surface area contributed by atoms with Crippen molar-refractivity contribution in [2.75, 3.05) is 0 Å². The van der Waals surface area contributed by atoms with Crippen LogP contribution in [0.5, 0.6) is 5.75 Å². The monoisotopic (exact) mass is 172 g/mol. The Morgan fingerprint density at radius 2 is 1.82 bits per heavy atom. The van der Waals surface area contributed by atoms with Crippen molar-refractivity contribution in [2.24, 2.45) is 0 Å². The summed E-state index contributed by atoms with van der Waals surface area (Å²) in [5.74, 6) is 0.0610. The van der Waals surface area contributed by atoms with Gasteiger partial charge in [0.05, 0.1) is 0 Å². The van der Waals surface area contributed by atoms with Crippen LogP contribution in [0.1, 0.15) is 0 Å². The molecule has 0 amide bonds. The number of phenols is 1. The molecule has 1 aromatic carbocycles. The normalized spacial score (nSPS) is 7.91. The van der Waals surface area contributed by atoms with Crippen LogP contribution in [0.2, 0.25) is 5.02 Å². The van der Waals surface area contributed by atoms with Crippen molar-refractivity contribution in [3.63, 3.8) is 0 Å². The van der Waals surface area contributed by atoms with Crippen molar-refractivity contribution >= 4 is 24.9 Å². The van der Waals surface area contributed by atoms with Crippen molar-refractivity contribution in [3.05, 3.63) is 23.2 Å². The average molecular weight is 172 g/mol. The average Bonchev–Trinajstić information content (AvgIpc) is 1.80. The van der Waals surface area contributed by atoms with Crippen LogP contribution in [0.3, 0.4) is 0 Å². The molecule has 0 spiro atoms. The first-order valence-electron chi connectivity index (χ1n) is 2.44. The molecule has 3 nitrogen and oxygen atoms in total. The van der Waals surface area contributed by atoms with Crippen LogP contribution >= 0.6 is 11.6 Å². The van der Waals surface area contributed by atoms with Gasteiger partial charge in [0, 0.05) is 0 Å². The van der Waals surface area contributed by atoms with E-state index < -0.39 is 0 Å². The molecule has 0 radical (unpaired) electrons. The molecule has 0 aliphatic heterocycles. The van der Waals surface area contributed by atoms with Crippen molar-refractivity contribution in [2.45, 2.75) is 0 Å². The van der Waals surface area contributed by atoms with Gasteiger partial charge in [-0.2, -0.15) is 0 Å². The largest absolute Gasteiger partial charge is 0.870 e. The molecule has 3 N–H and O–H groups in total. The van der Waals surface area contributed by atoms with Crippen molar-refractivity contribution in [3.8, 4) is 5.75 Å². The topological polar surface area (TPSA) is 80.2 Å². The number of halogens is 1. The van der Waals surface area contributed by atoms with Crippen LogP contribution in [-0.2, 0) is 0 Å². The Bertz CT molecular complexity index is 229. The molecular weight excluding hydrogens is 166 g/mol. The zero-order chi connectivity index (χ0) is 6.85. The maximum Gasteiger partial charge on any atom is -0.870 e. The van der Waals surface area contributed by atoms with Crippen molar-refractivity contribution < 1.29 is 16.1 Å². The van der Waals surface area contributed by atoms with E-state index in [-0.39, 0.29) is 21.7 Å². The minimum Gasteiger partial charge on any atom is -0.870 e. The molecule has 11 heavy (non-hydrogen) atoms. The predicted molar refractivity (Wildman–Crippen MR) is 42.4 cm³/mol. The van der Waals surface area contributed by atoms with E-state index >= 15 is 0 Å². The molecular formula is C6H6BClO3. The second kappa shape index (κ2) is 5.01. The number of aromatic hydroxyl groups is 1. The molecule has 0 atom stereocenters. The summed E-state index contributed by atoms with van der Waals surface area (Å²) < 4.78 is 0. The van der Waals surface area contributed by atoms with Gasteiger partial charge in [0.1, 0.15) is 0 Å². The van der Waals surface area contributed by atoms with Gasteiger partial charge in [-0.1, -0.05) is 0 Å². The third-order valence-electron chi connectivity index (χ3n) is 0.972. The zero-order valence-electron chi connectivity index (χ0n) is 5.53. The summed E-state index contributed by atoms with van der Waals surface area (Å²) in [6, 6.07) is 4.54. The molecule has 0 aliphatic rings. The Balaban J connectivity index is 0. The van der Waals surface area contributed by atoms with E-state index in [0.717, 1.165) is 0 Å². The summed E-state index contributed by atoms with van der Waals surface area (Å²) in [6.07, 6.45) is 0. The van der Waals surface area contributed by atoms with Gasteiger partial charge >= 0.3 is 59.0 Å². The van der Waals surface area contributed by atoms with Gasteiger partial charge < -0.3 is 11.0 Å². The molecule has 0 bridgehead atoms. The number of phenolic OH excluding ortho intramolecular Hbond substituents is 1. The molecule has 0 heterocycles. The van der Waals surface area contributed by atoms with Crippen molar-refractivity contribution in [1.82, 2.24) is 0 Å². The SMILES string of the molecule is [B+2]c1ccc(O)c(Cl)c1.[OH-].[OH-]. The number of benzene rings is 1. The summed E-state index contributed by atoms with van der Waals surface area (Å²) in [7, 11) is 5.33. The third kappa shape index (κ3) is 3.27. The third-order valence-corrected chi connectivity index (χ3v) is 1.27. The van der Waals surface area contributed by atoms with Crippen LogP contribution in [-0.4, -0.2) is 23.9 Å². The summed E-state index contributed by atoms with van der Waals surface area (Å²) >= 11 is 5.48. The van der Waals surface area contributed by atoms with E-state index in [1.54, 1.807) is 6.07 Å². The van der Waals surface area contributed by atoms with Gasteiger partial charge in [0.25, 0.3) is 0 Å². The van der Waals surface area contributed by atoms with Gasteiger partial charge in [0.2, 0.25) is 0 Å². The van der Waals surface area contributed by atoms with E-state index in [1.165, 1.54) is 12.1 Å². The van der Waals surface area contributed by atoms with Gasteiger partial charge in [-0.25, -0.2) is 0 Å². The van der Waals surface area contributed by atoms with Crippen molar-refractivity contribution in [1.29, 1.82) is 0 Å². The molecule has 1 rings (SSSR count). The molecule has 58 valence electrons. The first-order chi connectivity index (χ1) is 4.20. The fourth-order valence-corrected chi connectivity index (χ4v) is 0.712. The van der Waals surface area contributed by atoms with Crippen LogP contribution in [0.25, 0.3) is 0 Å². The Morgan fingerprint density at radius 1 is 1.27 bits per heavy atom. The Hall–Kier alpha value is -0.705. The van der Waals surface area contributed by atoms with Crippen LogP contribution in [0.4, 0.5) is 0 Å². The quantitative estimate of drug-likeness (QED) is 0.578. The zero-order valence-corrected chi connectivity index (χ0v) is 6.28. The maximum absolute atomic E-state index is 8.86. The first kappa shape index (κ1) is 12.9. The molecule has 0 saturated carbocycles. The second-order valence-electron chi connectivity index (χ2n) is 1.71. The fourth-order valence-electron chi connectivity index (χ4n) is 0.523. The summed E-state index contributed by atoms with van der Waals surface area (Å²) in [5, 5.41) is 9.14. The minimum absolute atomic E-state index is 0.